The summed E-state index contributed by atoms with van der Waals surface area (Å²) >= 11 is 0. The molecule has 0 aromatic rings. The lowest BCUT2D eigenvalue weighted by atomic mass is 10.1. The highest BCUT2D eigenvalue weighted by atomic mass is 32.2. The standard InChI is InChI=1S/C8H16N2O2S/c11-13(12)6-2-5-10(13)8-3-1-4-9-7-8/h8-9H,1-7H2/t8-/m1/s1. The fourth-order valence-electron chi connectivity index (χ4n) is 2.15. The lowest BCUT2D eigenvalue weighted by Gasteiger charge is -2.29. The zero-order valence-corrected chi connectivity index (χ0v) is 8.52. The summed E-state index contributed by atoms with van der Waals surface area (Å²) in [4.78, 5) is 0. The molecule has 2 aliphatic rings. The zero-order valence-electron chi connectivity index (χ0n) is 7.70. The van der Waals surface area contributed by atoms with Gasteiger partial charge in [0, 0.05) is 19.1 Å². The monoisotopic (exact) mass is 204 g/mol. The summed E-state index contributed by atoms with van der Waals surface area (Å²) < 4.78 is 24.8. The Morgan fingerprint density at radius 3 is 2.69 bits per heavy atom. The molecule has 0 bridgehead atoms. The van der Waals surface area contributed by atoms with Crippen molar-refractivity contribution >= 4 is 10.0 Å². The van der Waals surface area contributed by atoms with Crippen molar-refractivity contribution in [2.24, 2.45) is 0 Å². The fraction of sp³-hybridized carbons (Fsp3) is 1.00. The Morgan fingerprint density at radius 1 is 1.31 bits per heavy atom. The van der Waals surface area contributed by atoms with E-state index in [2.05, 4.69) is 5.32 Å². The van der Waals surface area contributed by atoms with E-state index in [0.717, 1.165) is 38.9 Å². The maximum atomic E-state index is 11.6. The van der Waals surface area contributed by atoms with Gasteiger partial charge in [0.15, 0.2) is 0 Å². The van der Waals surface area contributed by atoms with Crippen LogP contribution in [0.2, 0.25) is 0 Å². The van der Waals surface area contributed by atoms with Crippen LogP contribution < -0.4 is 5.32 Å². The van der Waals surface area contributed by atoms with E-state index < -0.39 is 10.0 Å². The first-order valence-corrected chi connectivity index (χ1v) is 6.51. The van der Waals surface area contributed by atoms with E-state index in [1.165, 1.54) is 0 Å². The molecular formula is C8H16N2O2S. The number of sulfonamides is 1. The molecule has 0 aliphatic carbocycles. The van der Waals surface area contributed by atoms with Crippen LogP contribution in [0.4, 0.5) is 0 Å². The van der Waals surface area contributed by atoms with Gasteiger partial charge >= 0.3 is 0 Å². The van der Waals surface area contributed by atoms with E-state index in [1.54, 1.807) is 4.31 Å². The number of nitrogens with zero attached hydrogens (tertiary/aromatic N) is 1. The first-order chi connectivity index (χ1) is 6.20. The smallest absolute Gasteiger partial charge is 0.214 e. The van der Waals surface area contributed by atoms with E-state index in [4.69, 9.17) is 0 Å². The van der Waals surface area contributed by atoms with Gasteiger partial charge in [0.25, 0.3) is 0 Å². The van der Waals surface area contributed by atoms with Gasteiger partial charge in [0.2, 0.25) is 10.0 Å². The van der Waals surface area contributed by atoms with E-state index in [0.29, 0.717) is 5.75 Å². The topological polar surface area (TPSA) is 49.4 Å². The summed E-state index contributed by atoms with van der Waals surface area (Å²) in [5.41, 5.74) is 0. The molecule has 0 amide bonds. The molecule has 5 heteroatoms. The molecule has 1 N–H and O–H groups in total. The maximum Gasteiger partial charge on any atom is 0.214 e. The molecule has 0 unspecified atom stereocenters. The van der Waals surface area contributed by atoms with Gasteiger partial charge in [0.1, 0.15) is 0 Å². The average Bonchev–Trinajstić information content (AvgIpc) is 2.47. The molecule has 2 rings (SSSR count). The molecule has 13 heavy (non-hydrogen) atoms. The van der Waals surface area contributed by atoms with Gasteiger partial charge < -0.3 is 5.32 Å². The van der Waals surface area contributed by atoms with Crippen molar-refractivity contribution in [3.8, 4) is 0 Å². The minimum Gasteiger partial charge on any atom is -0.315 e. The molecule has 2 saturated heterocycles. The quantitative estimate of drug-likeness (QED) is 0.642. The first-order valence-electron chi connectivity index (χ1n) is 4.90. The molecule has 1 atom stereocenters. The van der Waals surface area contributed by atoms with Crippen molar-refractivity contribution < 1.29 is 8.42 Å². The maximum absolute atomic E-state index is 11.6. The van der Waals surface area contributed by atoms with Crippen LogP contribution in [0, 0.1) is 0 Å². The van der Waals surface area contributed by atoms with Crippen LogP contribution in [-0.2, 0) is 10.0 Å². The number of rotatable bonds is 1. The van der Waals surface area contributed by atoms with Crippen LogP contribution in [0.15, 0.2) is 0 Å². The Hall–Kier alpha value is -0.130. The SMILES string of the molecule is O=S1(=O)CCCN1[C@@H]1CCCNC1. The highest BCUT2D eigenvalue weighted by Gasteiger charge is 2.34. The predicted octanol–water partition coefficient (Wildman–Crippen LogP) is -0.226. The number of piperidine rings is 1. The van der Waals surface area contributed by atoms with Crippen molar-refractivity contribution in [2.45, 2.75) is 25.3 Å². The third-order valence-corrected chi connectivity index (χ3v) is 4.82. The lowest BCUT2D eigenvalue weighted by Crippen LogP contribution is -2.46. The third-order valence-electron chi connectivity index (χ3n) is 2.82. The molecule has 4 nitrogen and oxygen atoms in total. The molecule has 2 aliphatic heterocycles. The van der Waals surface area contributed by atoms with Gasteiger partial charge in [-0.05, 0) is 25.8 Å². The second-order valence-electron chi connectivity index (χ2n) is 3.78. The predicted molar refractivity (Wildman–Crippen MR) is 51.0 cm³/mol. The van der Waals surface area contributed by atoms with Crippen molar-refractivity contribution in [1.82, 2.24) is 9.62 Å². The molecule has 0 spiro atoms. The van der Waals surface area contributed by atoms with Crippen LogP contribution in [0.1, 0.15) is 19.3 Å². The van der Waals surface area contributed by atoms with E-state index in [1.807, 2.05) is 0 Å². The van der Waals surface area contributed by atoms with E-state index in [9.17, 15) is 8.42 Å². The molecule has 2 heterocycles. The molecule has 0 radical (unpaired) electrons. The third kappa shape index (κ3) is 1.87. The second-order valence-corrected chi connectivity index (χ2v) is 5.82. The van der Waals surface area contributed by atoms with Gasteiger partial charge in [-0.25, -0.2) is 8.42 Å². The second kappa shape index (κ2) is 3.55. The molecule has 0 saturated carbocycles. The van der Waals surface area contributed by atoms with Crippen LogP contribution in [0.25, 0.3) is 0 Å². The minimum absolute atomic E-state index is 0.223. The largest absolute Gasteiger partial charge is 0.315 e. The summed E-state index contributed by atoms with van der Waals surface area (Å²) in [7, 11) is -2.89. The Balaban J connectivity index is 2.07. The zero-order chi connectivity index (χ0) is 9.31. The average molecular weight is 204 g/mol. The summed E-state index contributed by atoms with van der Waals surface area (Å²) in [5, 5.41) is 3.24. The Morgan fingerprint density at radius 2 is 2.15 bits per heavy atom. The Labute approximate surface area is 79.4 Å². The summed E-state index contributed by atoms with van der Waals surface area (Å²) in [5.74, 6) is 0.351. The molecule has 76 valence electrons. The van der Waals surface area contributed by atoms with Gasteiger partial charge in [-0.15, -0.1) is 0 Å². The van der Waals surface area contributed by atoms with Crippen LogP contribution in [0.3, 0.4) is 0 Å². The lowest BCUT2D eigenvalue weighted by molar-refractivity contribution is 0.281. The van der Waals surface area contributed by atoms with Crippen LogP contribution in [0.5, 0.6) is 0 Å². The van der Waals surface area contributed by atoms with Crippen molar-refractivity contribution in [1.29, 1.82) is 0 Å². The van der Waals surface area contributed by atoms with Gasteiger partial charge in [-0.3, -0.25) is 0 Å². The van der Waals surface area contributed by atoms with Crippen LogP contribution in [-0.4, -0.2) is 44.2 Å². The van der Waals surface area contributed by atoms with Gasteiger partial charge in [0.05, 0.1) is 5.75 Å². The van der Waals surface area contributed by atoms with Crippen LogP contribution >= 0.6 is 0 Å². The van der Waals surface area contributed by atoms with Crippen molar-refractivity contribution in [3.63, 3.8) is 0 Å². The molecule has 0 aromatic heterocycles. The highest BCUT2D eigenvalue weighted by Crippen LogP contribution is 2.20. The van der Waals surface area contributed by atoms with Crippen molar-refractivity contribution in [2.75, 3.05) is 25.4 Å². The fourth-order valence-corrected chi connectivity index (χ4v) is 3.92. The molecule has 0 aromatic carbocycles. The molecule has 2 fully saturated rings. The Bertz CT molecular complexity index is 270. The first kappa shape index (κ1) is 9.43. The van der Waals surface area contributed by atoms with Gasteiger partial charge in [-0.2, -0.15) is 4.31 Å². The normalized spacial score (nSPS) is 34.9. The Kier molecular flexibility index (Phi) is 2.58. The van der Waals surface area contributed by atoms with Crippen molar-refractivity contribution in [3.05, 3.63) is 0 Å². The number of nitrogens with one attached hydrogen (secondary N) is 1. The van der Waals surface area contributed by atoms with E-state index >= 15 is 0 Å². The van der Waals surface area contributed by atoms with Gasteiger partial charge in [-0.1, -0.05) is 0 Å². The number of hydrogen-bond acceptors (Lipinski definition) is 3. The summed E-state index contributed by atoms with van der Waals surface area (Å²) in [6, 6.07) is 0.223. The summed E-state index contributed by atoms with van der Waals surface area (Å²) in [6.45, 7) is 2.60. The summed E-state index contributed by atoms with van der Waals surface area (Å²) in [6.07, 6.45) is 2.92. The molecular weight excluding hydrogens is 188 g/mol. The minimum atomic E-state index is -2.89. The van der Waals surface area contributed by atoms with E-state index in [-0.39, 0.29) is 6.04 Å². The highest BCUT2D eigenvalue weighted by molar-refractivity contribution is 7.89. The number of hydrogen-bond donors (Lipinski definition) is 1.